The zero-order valence-corrected chi connectivity index (χ0v) is 16.3. The smallest absolute Gasteiger partial charge is 0.253 e. The van der Waals surface area contributed by atoms with E-state index in [1.807, 2.05) is 6.26 Å². The lowest BCUT2D eigenvalue weighted by atomic mass is 10.1. The summed E-state index contributed by atoms with van der Waals surface area (Å²) in [6.07, 6.45) is 2.28. The fraction of sp³-hybridized carbons (Fsp3) is 0.222. The normalized spacial score (nSPS) is 11.7. The zero-order valence-electron chi connectivity index (χ0n) is 13.9. The molecule has 8 heteroatoms. The summed E-state index contributed by atoms with van der Waals surface area (Å²) in [5, 5.41) is 5.20. The molecule has 2 aromatic rings. The van der Waals surface area contributed by atoms with Crippen LogP contribution in [0.4, 0.5) is 14.5 Å². The molecule has 0 saturated carbocycles. The van der Waals surface area contributed by atoms with Crippen LogP contribution in [0.5, 0.6) is 0 Å². The summed E-state index contributed by atoms with van der Waals surface area (Å²) < 4.78 is 26.9. The molecule has 0 saturated heterocycles. The van der Waals surface area contributed by atoms with Crippen molar-refractivity contribution in [2.75, 3.05) is 17.3 Å². The molecule has 0 radical (unpaired) electrons. The second kappa shape index (κ2) is 9.68. The lowest BCUT2D eigenvalue weighted by Crippen LogP contribution is -2.44. The minimum absolute atomic E-state index is 0.123. The van der Waals surface area contributed by atoms with Crippen molar-refractivity contribution >= 4 is 45.2 Å². The van der Waals surface area contributed by atoms with E-state index in [-0.39, 0.29) is 5.69 Å². The van der Waals surface area contributed by atoms with Crippen molar-refractivity contribution in [1.29, 1.82) is 0 Å². The predicted octanol–water partition coefficient (Wildman–Crippen LogP) is 4.22. The van der Waals surface area contributed by atoms with Crippen LogP contribution in [0, 0.1) is 11.6 Å². The van der Waals surface area contributed by atoms with Crippen LogP contribution in [-0.2, 0) is 4.79 Å². The first-order chi connectivity index (χ1) is 12.4. The largest absolute Gasteiger partial charge is 0.340 e. The summed E-state index contributed by atoms with van der Waals surface area (Å²) in [6.45, 7) is 0. The average Bonchev–Trinajstić information content (AvgIpc) is 2.61. The van der Waals surface area contributed by atoms with Gasteiger partial charge < -0.3 is 10.6 Å². The van der Waals surface area contributed by atoms with Crippen LogP contribution in [0.25, 0.3) is 0 Å². The summed E-state index contributed by atoms with van der Waals surface area (Å²) >= 11 is 4.84. The molecule has 2 amide bonds. The molecule has 0 heterocycles. The Hall–Kier alpha value is -1.93. The molecule has 1 atom stereocenters. The van der Waals surface area contributed by atoms with Gasteiger partial charge in [-0.05, 0) is 58.6 Å². The van der Waals surface area contributed by atoms with Crippen molar-refractivity contribution in [3.8, 4) is 0 Å². The average molecular weight is 443 g/mol. The molecule has 2 aromatic carbocycles. The molecule has 138 valence electrons. The van der Waals surface area contributed by atoms with Gasteiger partial charge in [-0.15, -0.1) is 0 Å². The van der Waals surface area contributed by atoms with Gasteiger partial charge in [0.15, 0.2) is 11.6 Å². The highest BCUT2D eigenvalue weighted by atomic mass is 79.9. The van der Waals surface area contributed by atoms with Crippen molar-refractivity contribution in [2.45, 2.75) is 12.5 Å². The molecular weight excluding hydrogens is 426 g/mol. The van der Waals surface area contributed by atoms with Crippen molar-refractivity contribution in [3.63, 3.8) is 0 Å². The summed E-state index contributed by atoms with van der Waals surface area (Å²) in [5.41, 5.74) is 0.528. The topological polar surface area (TPSA) is 58.2 Å². The molecule has 2 N–H and O–H groups in total. The van der Waals surface area contributed by atoms with E-state index in [4.69, 9.17) is 0 Å². The second-order valence-electron chi connectivity index (χ2n) is 5.41. The number of hydrogen-bond acceptors (Lipinski definition) is 3. The first kappa shape index (κ1) is 20.4. The number of carbonyl (C=O) groups is 2. The minimum atomic E-state index is -1.05. The monoisotopic (exact) mass is 442 g/mol. The Labute approximate surface area is 162 Å². The number of anilines is 1. The third kappa shape index (κ3) is 5.54. The number of benzene rings is 2. The number of nitrogens with one attached hydrogen (secondary N) is 2. The Balaban J connectivity index is 2.12. The quantitative estimate of drug-likeness (QED) is 0.674. The number of rotatable bonds is 7. The number of amides is 2. The molecule has 0 aliphatic carbocycles. The summed E-state index contributed by atoms with van der Waals surface area (Å²) in [7, 11) is 0. The van der Waals surface area contributed by atoms with Gasteiger partial charge in [-0.25, -0.2) is 8.78 Å². The van der Waals surface area contributed by atoms with Gasteiger partial charge in [0.1, 0.15) is 6.04 Å². The molecule has 0 unspecified atom stereocenters. The van der Waals surface area contributed by atoms with Crippen LogP contribution in [-0.4, -0.2) is 29.9 Å². The zero-order chi connectivity index (χ0) is 19.1. The lowest BCUT2D eigenvalue weighted by Gasteiger charge is -2.18. The number of thioether (sulfide) groups is 1. The van der Waals surface area contributed by atoms with Crippen LogP contribution < -0.4 is 10.6 Å². The minimum Gasteiger partial charge on any atom is -0.340 e. The number of halogens is 3. The highest BCUT2D eigenvalue weighted by Crippen LogP contribution is 2.17. The third-order valence-corrected chi connectivity index (χ3v) is 4.87. The maximum atomic E-state index is 13.3. The predicted molar refractivity (Wildman–Crippen MR) is 103 cm³/mol. The first-order valence-corrected chi connectivity index (χ1v) is 9.91. The maximum absolute atomic E-state index is 13.3. The molecule has 4 nitrogen and oxygen atoms in total. The van der Waals surface area contributed by atoms with E-state index in [0.717, 1.165) is 12.1 Å². The summed E-state index contributed by atoms with van der Waals surface area (Å²) in [4.78, 5) is 25.0. The van der Waals surface area contributed by atoms with Gasteiger partial charge in [0.05, 0.1) is 5.56 Å². The highest BCUT2D eigenvalue weighted by molar-refractivity contribution is 9.10. The second-order valence-corrected chi connectivity index (χ2v) is 7.25. The van der Waals surface area contributed by atoms with Crippen molar-refractivity contribution in [3.05, 3.63) is 64.1 Å². The van der Waals surface area contributed by atoms with E-state index in [0.29, 0.717) is 22.2 Å². The SMILES string of the molecule is CSCC[C@H](NC(=O)c1ccccc1Br)C(=O)Nc1ccc(F)c(F)c1. The Morgan fingerprint density at radius 3 is 2.54 bits per heavy atom. The Morgan fingerprint density at radius 1 is 1.15 bits per heavy atom. The van der Waals surface area contributed by atoms with Gasteiger partial charge >= 0.3 is 0 Å². The Kier molecular flexibility index (Phi) is 7.59. The van der Waals surface area contributed by atoms with Gasteiger partial charge in [0.25, 0.3) is 5.91 Å². The van der Waals surface area contributed by atoms with Crippen LogP contribution in [0.3, 0.4) is 0 Å². The maximum Gasteiger partial charge on any atom is 0.253 e. The first-order valence-electron chi connectivity index (χ1n) is 7.72. The molecule has 0 aromatic heterocycles. The van der Waals surface area contributed by atoms with Gasteiger partial charge in [-0.2, -0.15) is 11.8 Å². The molecular formula is C18H17BrF2N2O2S. The fourth-order valence-corrected chi connectivity index (χ4v) is 3.13. The van der Waals surface area contributed by atoms with Gasteiger partial charge in [0.2, 0.25) is 5.91 Å². The molecule has 0 bridgehead atoms. The summed E-state index contributed by atoms with van der Waals surface area (Å²) in [5.74, 6) is -2.30. The van der Waals surface area contributed by atoms with E-state index in [1.165, 1.54) is 17.8 Å². The highest BCUT2D eigenvalue weighted by Gasteiger charge is 2.22. The lowest BCUT2D eigenvalue weighted by molar-refractivity contribution is -0.118. The van der Waals surface area contributed by atoms with Crippen molar-refractivity contribution in [2.24, 2.45) is 0 Å². The number of carbonyl (C=O) groups excluding carboxylic acids is 2. The van der Waals surface area contributed by atoms with Crippen LogP contribution >= 0.6 is 27.7 Å². The van der Waals surface area contributed by atoms with E-state index < -0.39 is 29.5 Å². The van der Waals surface area contributed by atoms with E-state index in [9.17, 15) is 18.4 Å². The third-order valence-electron chi connectivity index (χ3n) is 3.54. The standard InChI is InChI=1S/C18H17BrF2N2O2S/c1-26-9-8-16(23-17(24)12-4-2-3-5-13(12)19)18(25)22-11-6-7-14(20)15(21)10-11/h2-7,10,16H,8-9H2,1H3,(H,22,25)(H,23,24)/t16-/m0/s1. The van der Waals surface area contributed by atoms with Crippen LogP contribution in [0.2, 0.25) is 0 Å². The van der Waals surface area contributed by atoms with E-state index >= 15 is 0 Å². The molecule has 26 heavy (non-hydrogen) atoms. The molecule has 0 aliphatic rings. The fourth-order valence-electron chi connectivity index (χ4n) is 2.19. The van der Waals surface area contributed by atoms with E-state index in [2.05, 4.69) is 26.6 Å². The van der Waals surface area contributed by atoms with Gasteiger partial charge in [0, 0.05) is 16.2 Å². The van der Waals surface area contributed by atoms with Crippen LogP contribution in [0.15, 0.2) is 46.9 Å². The number of hydrogen-bond donors (Lipinski definition) is 2. The summed E-state index contributed by atoms with van der Waals surface area (Å²) in [6, 6.07) is 9.15. The van der Waals surface area contributed by atoms with Gasteiger partial charge in [-0.3, -0.25) is 9.59 Å². The molecule has 0 fully saturated rings. The molecule has 2 rings (SSSR count). The molecule has 0 spiro atoms. The Morgan fingerprint density at radius 2 is 1.88 bits per heavy atom. The van der Waals surface area contributed by atoms with Crippen LogP contribution in [0.1, 0.15) is 16.8 Å². The van der Waals surface area contributed by atoms with Gasteiger partial charge in [-0.1, -0.05) is 12.1 Å². The van der Waals surface area contributed by atoms with Crippen molar-refractivity contribution < 1.29 is 18.4 Å². The van der Waals surface area contributed by atoms with E-state index in [1.54, 1.807) is 24.3 Å². The van der Waals surface area contributed by atoms with Crippen molar-refractivity contribution in [1.82, 2.24) is 5.32 Å². The Bertz CT molecular complexity index is 805. The molecule has 0 aliphatic heterocycles.